The van der Waals surface area contributed by atoms with Gasteiger partial charge >= 0.3 is 0 Å². The van der Waals surface area contributed by atoms with Crippen molar-refractivity contribution < 1.29 is 4.74 Å². The molecule has 0 aromatic carbocycles. The van der Waals surface area contributed by atoms with Crippen LogP contribution in [0, 0.1) is 5.41 Å². The van der Waals surface area contributed by atoms with Gasteiger partial charge in [0.25, 0.3) is 0 Å². The zero-order valence-electron chi connectivity index (χ0n) is 8.22. The van der Waals surface area contributed by atoms with E-state index in [1.54, 1.807) is 25.3 Å². The Morgan fingerprint density at radius 1 is 1.69 bits per heavy atom. The zero-order valence-corrected chi connectivity index (χ0v) is 9.81. The Bertz CT molecular complexity index is 194. The maximum Gasteiger partial charge on any atom is 0.136 e. The summed E-state index contributed by atoms with van der Waals surface area (Å²) in [4.78, 5) is 1.81. The zero-order chi connectivity index (χ0) is 10.3. The van der Waals surface area contributed by atoms with E-state index in [0.29, 0.717) is 19.0 Å². The Kier molecular flexibility index (Phi) is 6.62. The van der Waals surface area contributed by atoms with Crippen LogP contribution >= 0.6 is 15.9 Å². The Morgan fingerprint density at radius 2 is 2.31 bits per heavy atom. The Hall–Kier alpha value is -0.550. The van der Waals surface area contributed by atoms with E-state index in [1.165, 1.54) is 0 Å². The van der Waals surface area contributed by atoms with Crippen LogP contribution in [-0.4, -0.2) is 45.1 Å². The molecule has 0 aromatic rings. The topological polar surface area (TPSA) is 48.4 Å². The van der Waals surface area contributed by atoms with Crippen LogP contribution in [0.3, 0.4) is 0 Å². The number of nitrogens with one attached hydrogen (secondary N) is 2. The molecule has 0 rings (SSSR count). The maximum atomic E-state index is 7.70. The van der Waals surface area contributed by atoms with Gasteiger partial charge in [0.1, 0.15) is 5.84 Å². The highest BCUT2D eigenvalue weighted by Crippen LogP contribution is 2.07. The maximum absolute atomic E-state index is 7.70. The first-order valence-electron chi connectivity index (χ1n) is 3.95. The number of methoxy groups -OCH3 is 1. The second kappa shape index (κ2) is 6.91. The average molecular weight is 250 g/mol. The van der Waals surface area contributed by atoms with Crippen molar-refractivity contribution in [3.8, 4) is 0 Å². The Balaban J connectivity index is 4.01. The van der Waals surface area contributed by atoms with Gasteiger partial charge in [0, 0.05) is 33.9 Å². The molecular formula is C8H16BrN3O. The molecule has 0 heterocycles. The van der Waals surface area contributed by atoms with Crippen molar-refractivity contribution in [1.29, 1.82) is 5.41 Å². The molecule has 13 heavy (non-hydrogen) atoms. The minimum absolute atomic E-state index is 0.436. The van der Waals surface area contributed by atoms with E-state index in [4.69, 9.17) is 10.1 Å². The summed E-state index contributed by atoms with van der Waals surface area (Å²) in [5.41, 5.74) is 0. The molecule has 0 aliphatic heterocycles. The van der Waals surface area contributed by atoms with Crippen LogP contribution in [0.2, 0.25) is 0 Å². The van der Waals surface area contributed by atoms with Gasteiger partial charge < -0.3 is 15.0 Å². The van der Waals surface area contributed by atoms with E-state index in [2.05, 4.69) is 21.2 Å². The third kappa shape index (κ3) is 4.90. The highest BCUT2D eigenvalue weighted by molar-refractivity contribution is 9.12. The third-order valence-corrected chi connectivity index (χ3v) is 2.11. The summed E-state index contributed by atoms with van der Waals surface area (Å²) < 4.78 is 5.64. The molecule has 0 aromatic heterocycles. The number of amidine groups is 1. The molecule has 0 bridgehead atoms. The molecule has 0 fully saturated rings. The summed E-state index contributed by atoms with van der Waals surface area (Å²) >= 11 is 3.29. The van der Waals surface area contributed by atoms with E-state index in [1.807, 2.05) is 7.05 Å². The van der Waals surface area contributed by atoms with E-state index in [9.17, 15) is 0 Å². The number of ether oxygens (including phenoxy) is 1. The number of hydrogen-bond acceptors (Lipinski definition) is 3. The van der Waals surface area contributed by atoms with Gasteiger partial charge in [-0.2, -0.15) is 0 Å². The fourth-order valence-corrected chi connectivity index (χ4v) is 1.25. The normalized spacial score (nSPS) is 11.2. The molecule has 76 valence electrons. The van der Waals surface area contributed by atoms with E-state index in [0.717, 1.165) is 4.48 Å². The molecule has 0 atom stereocenters. The fourth-order valence-electron chi connectivity index (χ4n) is 0.717. The van der Waals surface area contributed by atoms with Crippen LogP contribution in [0.4, 0.5) is 0 Å². The van der Waals surface area contributed by atoms with Gasteiger partial charge in [-0.15, -0.1) is 0 Å². The minimum atomic E-state index is 0.436. The lowest BCUT2D eigenvalue weighted by Gasteiger charge is -2.18. The summed E-state index contributed by atoms with van der Waals surface area (Å²) in [5, 5.41) is 10.5. The lowest BCUT2D eigenvalue weighted by molar-refractivity contribution is 0.183. The van der Waals surface area contributed by atoms with Gasteiger partial charge in [-0.05, 0) is 15.9 Å². The first-order valence-corrected chi connectivity index (χ1v) is 4.74. The SMILES string of the molecule is CN/C=C(/Br)C(=N)N(C)CCOC. The molecule has 0 aliphatic carbocycles. The second-order valence-electron chi connectivity index (χ2n) is 2.54. The minimum Gasteiger partial charge on any atom is -0.393 e. The molecule has 5 heteroatoms. The molecule has 0 unspecified atom stereocenters. The van der Waals surface area contributed by atoms with Crippen molar-refractivity contribution in [3.05, 3.63) is 10.7 Å². The van der Waals surface area contributed by atoms with Crippen molar-refractivity contribution in [3.63, 3.8) is 0 Å². The van der Waals surface area contributed by atoms with E-state index in [-0.39, 0.29) is 0 Å². The molecule has 0 saturated carbocycles. The molecule has 0 amide bonds. The molecule has 0 saturated heterocycles. The van der Waals surface area contributed by atoms with Crippen LogP contribution in [0.15, 0.2) is 10.7 Å². The summed E-state index contributed by atoms with van der Waals surface area (Å²) in [7, 11) is 5.30. The van der Waals surface area contributed by atoms with Gasteiger partial charge in [-0.3, -0.25) is 5.41 Å². The third-order valence-electron chi connectivity index (χ3n) is 1.51. The summed E-state index contributed by atoms with van der Waals surface area (Å²) in [6.45, 7) is 1.33. The van der Waals surface area contributed by atoms with Gasteiger partial charge in [-0.25, -0.2) is 0 Å². The molecule has 0 radical (unpaired) electrons. The smallest absolute Gasteiger partial charge is 0.136 e. The number of hydrogen-bond donors (Lipinski definition) is 2. The van der Waals surface area contributed by atoms with Crippen LogP contribution in [0.5, 0.6) is 0 Å². The van der Waals surface area contributed by atoms with Gasteiger partial charge in [-0.1, -0.05) is 0 Å². The molecule has 4 nitrogen and oxygen atoms in total. The Morgan fingerprint density at radius 3 is 2.77 bits per heavy atom. The highest BCUT2D eigenvalue weighted by atomic mass is 79.9. The van der Waals surface area contributed by atoms with Crippen molar-refractivity contribution in [2.24, 2.45) is 0 Å². The summed E-state index contributed by atoms with van der Waals surface area (Å²) in [6, 6.07) is 0. The molecule has 0 spiro atoms. The van der Waals surface area contributed by atoms with Gasteiger partial charge in [0.05, 0.1) is 11.1 Å². The first-order chi connectivity index (χ1) is 6.13. The standard InChI is InChI=1S/C8H16BrN3O/c1-11-6-7(9)8(10)12(2)4-5-13-3/h6,10-11H,4-5H2,1-3H3/b7-6+,10-8?. The number of likely N-dealkylation sites (N-methyl/N-ethyl adjacent to an activating group) is 1. The fraction of sp³-hybridized carbons (Fsp3) is 0.625. The number of rotatable bonds is 5. The van der Waals surface area contributed by atoms with Gasteiger partial charge in [0.2, 0.25) is 0 Å². The number of halogens is 1. The predicted molar refractivity (Wildman–Crippen MR) is 58.3 cm³/mol. The summed E-state index contributed by atoms with van der Waals surface area (Å²) in [5.74, 6) is 0.436. The monoisotopic (exact) mass is 249 g/mol. The van der Waals surface area contributed by atoms with E-state index < -0.39 is 0 Å². The number of nitrogens with zero attached hydrogens (tertiary/aromatic N) is 1. The highest BCUT2D eigenvalue weighted by Gasteiger charge is 2.06. The first kappa shape index (κ1) is 12.4. The lowest BCUT2D eigenvalue weighted by atomic mass is 10.4. The lowest BCUT2D eigenvalue weighted by Crippen LogP contribution is -2.29. The molecular weight excluding hydrogens is 234 g/mol. The Labute approximate surface area is 87.6 Å². The van der Waals surface area contributed by atoms with Crippen LogP contribution in [0.25, 0.3) is 0 Å². The molecule has 2 N–H and O–H groups in total. The summed E-state index contributed by atoms with van der Waals surface area (Å²) in [6.07, 6.45) is 1.73. The predicted octanol–water partition coefficient (Wildman–Crippen LogP) is 0.998. The van der Waals surface area contributed by atoms with Crippen LogP contribution < -0.4 is 5.32 Å². The van der Waals surface area contributed by atoms with Gasteiger partial charge in [0.15, 0.2) is 0 Å². The second-order valence-corrected chi connectivity index (χ2v) is 3.40. The quantitative estimate of drug-likeness (QED) is 0.565. The van der Waals surface area contributed by atoms with Crippen molar-refractivity contribution in [2.45, 2.75) is 0 Å². The van der Waals surface area contributed by atoms with Crippen molar-refractivity contribution in [2.75, 3.05) is 34.4 Å². The van der Waals surface area contributed by atoms with Crippen molar-refractivity contribution in [1.82, 2.24) is 10.2 Å². The largest absolute Gasteiger partial charge is 0.393 e. The average Bonchev–Trinajstić information content (AvgIpc) is 2.13. The van der Waals surface area contributed by atoms with E-state index >= 15 is 0 Å². The van der Waals surface area contributed by atoms with Crippen LogP contribution in [0.1, 0.15) is 0 Å². The molecule has 0 aliphatic rings. The van der Waals surface area contributed by atoms with Crippen molar-refractivity contribution >= 4 is 21.8 Å². The van der Waals surface area contributed by atoms with Crippen LogP contribution in [-0.2, 0) is 4.74 Å².